The van der Waals surface area contributed by atoms with Crippen molar-refractivity contribution in [2.75, 3.05) is 0 Å². The van der Waals surface area contributed by atoms with Crippen LogP contribution < -0.4 is 0 Å². The molecule has 0 fully saturated rings. The van der Waals surface area contributed by atoms with Crippen LogP contribution in [0, 0.1) is 41.8 Å². The monoisotopic (exact) mass is 962 g/mol. The molecule has 0 radical (unpaired) electrons. The molecular formula is C40H36Ir2N2O2. The first-order valence-corrected chi connectivity index (χ1v) is 12.7. The zero-order chi connectivity index (χ0) is 27.6. The second-order valence-corrected chi connectivity index (χ2v) is 8.80. The molecule has 0 saturated carbocycles. The molecule has 0 atom stereocenters. The van der Waals surface area contributed by atoms with Crippen molar-refractivity contribution in [3.63, 3.8) is 0 Å². The average Bonchev–Trinajstić information content (AvgIpc) is 3.06. The van der Waals surface area contributed by atoms with Gasteiger partial charge in [0.15, 0.2) is 11.6 Å². The van der Waals surface area contributed by atoms with Gasteiger partial charge in [0.2, 0.25) is 0 Å². The van der Waals surface area contributed by atoms with Gasteiger partial charge in [-0.2, -0.15) is 0 Å². The molecule has 0 aliphatic carbocycles. The summed E-state index contributed by atoms with van der Waals surface area (Å²) in [5.41, 5.74) is 5.94. The van der Waals surface area contributed by atoms with Crippen LogP contribution in [-0.2, 0) is 40.2 Å². The summed E-state index contributed by atoms with van der Waals surface area (Å²) < 4.78 is 0. The second kappa shape index (κ2) is 22.3. The van der Waals surface area contributed by atoms with Crippen molar-refractivity contribution in [3.8, 4) is 22.5 Å². The van der Waals surface area contributed by atoms with Gasteiger partial charge in [0, 0.05) is 29.1 Å². The van der Waals surface area contributed by atoms with Gasteiger partial charge in [-0.3, -0.25) is 9.59 Å². The third-order valence-corrected chi connectivity index (χ3v) is 6.08. The number of aromatic nitrogens is 2. The van der Waals surface area contributed by atoms with Gasteiger partial charge in [-0.05, 0) is 23.5 Å². The number of rotatable bonds is 6. The molecule has 0 aliphatic heterocycles. The predicted molar refractivity (Wildman–Crippen MR) is 182 cm³/mol. The van der Waals surface area contributed by atoms with E-state index in [1.54, 1.807) is 36.7 Å². The molecule has 0 unspecified atom stereocenters. The van der Waals surface area contributed by atoms with Crippen molar-refractivity contribution in [1.82, 2.24) is 9.97 Å². The van der Waals surface area contributed by atoms with Crippen molar-refractivity contribution < 1.29 is 49.8 Å². The number of nitrogens with zero attached hydrogens (tertiary/aromatic N) is 2. The Hall–Kier alpha value is -4.18. The summed E-state index contributed by atoms with van der Waals surface area (Å²) in [6.07, 6.45) is 3.39. The van der Waals surface area contributed by atoms with E-state index in [0.29, 0.717) is 22.3 Å². The Kier molecular flexibility index (Phi) is 21.3. The molecule has 2 heterocycles. The molecule has 6 heteroatoms. The van der Waals surface area contributed by atoms with E-state index in [9.17, 15) is 9.59 Å². The van der Waals surface area contributed by atoms with Crippen LogP contribution in [0.3, 0.4) is 0 Å². The average molecular weight is 961 g/mol. The van der Waals surface area contributed by atoms with E-state index in [4.69, 9.17) is 0 Å². The predicted octanol–water partition coefficient (Wildman–Crippen LogP) is 9.36. The quantitative estimate of drug-likeness (QED) is 0.124. The SMILES string of the molecule is O=C(c1ccccc1)c1cc[c-]c(-c2ccccn2)c1.O=C(c1ccccc1)c1ccnc(-c2[c-]cccc2)c1.[CH3-].[CH3-].[CH3-].[CH3-].[Ir+3].[Ir+3]. The number of ketones is 2. The Labute approximate surface area is 302 Å². The Morgan fingerprint density at radius 1 is 0.435 bits per heavy atom. The van der Waals surface area contributed by atoms with E-state index in [2.05, 4.69) is 22.1 Å². The summed E-state index contributed by atoms with van der Waals surface area (Å²) in [6, 6.07) is 47.0. The molecule has 2 aromatic heterocycles. The number of hydrogen-bond acceptors (Lipinski definition) is 4. The molecule has 0 N–H and O–H groups in total. The molecule has 0 amide bonds. The number of carbonyl (C=O) groups excluding carboxylic acids is 2. The minimum Gasteiger partial charge on any atom is -0.358 e. The van der Waals surface area contributed by atoms with Crippen molar-refractivity contribution in [2.45, 2.75) is 0 Å². The first kappa shape index (κ1) is 43.9. The molecule has 6 rings (SSSR count). The fraction of sp³-hybridized carbons (Fsp3) is 0. The fourth-order valence-corrected chi connectivity index (χ4v) is 4.06. The van der Waals surface area contributed by atoms with Gasteiger partial charge in [0.1, 0.15) is 0 Å². The molecular weight excluding hydrogens is 925 g/mol. The molecule has 46 heavy (non-hydrogen) atoms. The summed E-state index contributed by atoms with van der Waals surface area (Å²) in [5, 5.41) is 0. The molecule has 0 saturated heterocycles. The summed E-state index contributed by atoms with van der Waals surface area (Å²) in [7, 11) is 0. The van der Waals surface area contributed by atoms with Crippen LogP contribution in [0.15, 0.2) is 146 Å². The van der Waals surface area contributed by atoms with E-state index in [1.807, 2.05) is 109 Å². The smallest absolute Gasteiger partial charge is 0.358 e. The molecule has 4 aromatic carbocycles. The van der Waals surface area contributed by atoms with Crippen molar-refractivity contribution >= 4 is 11.6 Å². The van der Waals surface area contributed by atoms with E-state index < -0.39 is 0 Å². The van der Waals surface area contributed by atoms with Gasteiger partial charge in [-0.1, -0.05) is 84.4 Å². The van der Waals surface area contributed by atoms with Gasteiger partial charge < -0.3 is 39.7 Å². The first-order valence-electron chi connectivity index (χ1n) is 12.7. The summed E-state index contributed by atoms with van der Waals surface area (Å²) in [6.45, 7) is 0. The molecule has 0 spiro atoms. The van der Waals surface area contributed by atoms with E-state index in [0.717, 1.165) is 22.5 Å². The fourth-order valence-electron chi connectivity index (χ4n) is 4.06. The molecule has 6 aromatic rings. The van der Waals surface area contributed by atoms with Crippen LogP contribution in [0.5, 0.6) is 0 Å². The maximum absolute atomic E-state index is 12.4. The Bertz CT molecular complexity index is 1580. The summed E-state index contributed by atoms with van der Waals surface area (Å²) in [5.74, 6) is 0.0157. The van der Waals surface area contributed by atoms with Gasteiger partial charge in [-0.15, -0.1) is 65.7 Å². The van der Waals surface area contributed by atoms with Gasteiger partial charge in [-0.25, -0.2) is 0 Å². The van der Waals surface area contributed by atoms with Crippen LogP contribution in [0.2, 0.25) is 0 Å². The van der Waals surface area contributed by atoms with Crippen molar-refractivity contribution in [1.29, 1.82) is 0 Å². The third kappa shape index (κ3) is 11.6. The normalized spacial score (nSPS) is 8.87. The zero-order valence-corrected chi connectivity index (χ0v) is 31.0. The maximum atomic E-state index is 12.4. The van der Waals surface area contributed by atoms with Crippen molar-refractivity contribution in [3.05, 3.63) is 210 Å². The Morgan fingerprint density at radius 2 is 0.957 bits per heavy atom. The van der Waals surface area contributed by atoms with Crippen molar-refractivity contribution in [2.24, 2.45) is 0 Å². The number of carbonyl (C=O) groups is 2. The topological polar surface area (TPSA) is 59.9 Å². The maximum Gasteiger partial charge on any atom is 3.00 e. The minimum absolute atomic E-state index is 0. The molecule has 0 bridgehead atoms. The minimum atomic E-state index is 0. The Morgan fingerprint density at radius 3 is 1.50 bits per heavy atom. The molecule has 0 aliphatic rings. The van der Waals surface area contributed by atoms with Gasteiger partial charge in [0.05, 0.1) is 0 Å². The second-order valence-electron chi connectivity index (χ2n) is 8.80. The zero-order valence-electron chi connectivity index (χ0n) is 26.2. The van der Waals surface area contributed by atoms with Gasteiger partial charge in [0.25, 0.3) is 0 Å². The van der Waals surface area contributed by atoms with E-state index >= 15 is 0 Å². The first-order chi connectivity index (χ1) is 19.7. The molecule has 4 nitrogen and oxygen atoms in total. The van der Waals surface area contributed by atoms with Gasteiger partial charge >= 0.3 is 40.2 Å². The van der Waals surface area contributed by atoms with Crippen LogP contribution >= 0.6 is 0 Å². The Balaban J connectivity index is 0. The number of benzene rings is 4. The standard InChI is InChI=1S/2C18H12NO.4CH3.2Ir/c20-18(15-9-5-2-6-10-15)16-11-12-19-17(13-16)14-7-3-1-4-8-14;20-18(14-7-2-1-3-8-14)16-10-6-9-15(13-16)17-11-4-5-12-19-17;;;;;;/h1-7,9-13H;1-8,10-13H;4*1H3;;/q6*-1;2*+3. The molecule has 236 valence electrons. The largest absolute Gasteiger partial charge is 3.00 e. The van der Waals surface area contributed by atoms with E-state index in [1.165, 1.54) is 0 Å². The van der Waals surface area contributed by atoms with Crippen LogP contribution in [-0.4, -0.2) is 21.5 Å². The third-order valence-electron chi connectivity index (χ3n) is 6.08. The number of hydrogen-bond donors (Lipinski definition) is 0. The summed E-state index contributed by atoms with van der Waals surface area (Å²) >= 11 is 0. The van der Waals surface area contributed by atoms with E-state index in [-0.39, 0.29) is 81.5 Å². The number of pyridine rings is 2. The van der Waals surface area contributed by atoms with Crippen LogP contribution in [0.4, 0.5) is 0 Å². The van der Waals surface area contributed by atoms with Crippen LogP contribution in [0.1, 0.15) is 31.8 Å². The summed E-state index contributed by atoms with van der Waals surface area (Å²) in [4.78, 5) is 33.4. The van der Waals surface area contributed by atoms with Crippen LogP contribution in [0.25, 0.3) is 22.5 Å².